The highest BCUT2D eigenvalue weighted by Gasteiger charge is 1.95. The van der Waals surface area contributed by atoms with Gasteiger partial charge in [-0.25, -0.2) is 0 Å². The average molecular weight is 184 g/mol. The van der Waals surface area contributed by atoms with Gasteiger partial charge in [0.15, 0.2) is 0 Å². The summed E-state index contributed by atoms with van der Waals surface area (Å²) in [6, 6.07) is 0. The number of nitrogens with one attached hydrogen (secondary N) is 1. The average Bonchev–Trinajstić information content (AvgIpc) is 2.10. The molecule has 0 aliphatic rings. The van der Waals surface area contributed by atoms with Crippen molar-refractivity contribution in [1.29, 1.82) is 0 Å². The Labute approximate surface area is 82.6 Å². The molecule has 0 saturated heterocycles. The lowest BCUT2D eigenvalue weighted by molar-refractivity contribution is 0.518. The molecule has 78 valence electrons. The van der Waals surface area contributed by atoms with Gasteiger partial charge in [0.2, 0.25) is 0 Å². The zero-order chi connectivity index (χ0) is 10.1. The summed E-state index contributed by atoms with van der Waals surface area (Å²) < 4.78 is 0. The Morgan fingerprint density at radius 3 is 2.38 bits per heavy atom. The fourth-order valence-electron chi connectivity index (χ4n) is 1.32. The molecule has 0 aliphatic heterocycles. The minimum atomic E-state index is 0.848. The zero-order valence-corrected chi connectivity index (χ0v) is 9.10. The van der Waals surface area contributed by atoms with Crippen LogP contribution in [0, 0.1) is 5.92 Å². The molecule has 0 saturated carbocycles. The quantitative estimate of drug-likeness (QED) is 0.346. The van der Waals surface area contributed by atoms with E-state index in [2.05, 4.69) is 25.9 Å². The van der Waals surface area contributed by atoms with Crippen LogP contribution >= 0.6 is 0 Å². The standard InChI is InChI=1S/C11H24N2/c1-10(2)8-6-4-5-7-9-11(3)13-12/h10,13H,3-9,12H2,1-2H3. The monoisotopic (exact) mass is 184 g/mol. The molecule has 13 heavy (non-hydrogen) atoms. The van der Waals surface area contributed by atoms with Gasteiger partial charge in [-0.2, -0.15) is 0 Å². The minimum Gasteiger partial charge on any atom is -0.329 e. The largest absolute Gasteiger partial charge is 0.329 e. The summed E-state index contributed by atoms with van der Waals surface area (Å²) in [6.45, 7) is 8.34. The van der Waals surface area contributed by atoms with E-state index >= 15 is 0 Å². The predicted molar refractivity (Wildman–Crippen MR) is 59.0 cm³/mol. The fourth-order valence-corrected chi connectivity index (χ4v) is 1.32. The van der Waals surface area contributed by atoms with E-state index in [0.29, 0.717) is 0 Å². The third kappa shape index (κ3) is 9.41. The van der Waals surface area contributed by atoms with E-state index in [9.17, 15) is 0 Å². The van der Waals surface area contributed by atoms with Crippen LogP contribution in [0.1, 0.15) is 52.4 Å². The number of allylic oxidation sites excluding steroid dienone is 1. The minimum absolute atomic E-state index is 0.848. The van der Waals surface area contributed by atoms with Crippen LogP contribution in [-0.4, -0.2) is 0 Å². The second-order valence-electron chi connectivity index (χ2n) is 4.09. The molecular weight excluding hydrogens is 160 g/mol. The number of nitrogens with two attached hydrogens (primary N) is 1. The second-order valence-corrected chi connectivity index (χ2v) is 4.09. The van der Waals surface area contributed by atoms with Crippen molar-refractivity contribution in [2.24, 2.45) is 11.8 Å². The Bertz CT molecular complexity index is 130. The van der Waals surface area contributed by atoms with Gasteiger partial charge in [0.05, 0.1) is 0 Å². The molecule has 0 aromatic carbocycles. The first-order valence-electron chi connectivity index (χ1n) is 5.31. The molecule has 0 fully saturated rings. The van der Waals surface area contributed by atoms with Crippen molar-refractivity contribution in [2.45, 2.75) is 52.4 Å². The lowest BCUT2D eigenvalue weighted by Crippen LogP contribution is -2.19. The molecule has 0 amide bonds. The summed E-state index contributed by atoms with van der Waals surface area (Å²) in [5.41, 5.74) is 3.53. The number of hydrogen-bond donors (Lipinski definition) is 2. The van der Waals surface area contributed by atoms with Crippen molar-refractivity contribution in [3.8, 4) is 0 Å². The molecule has 0 heterocycles. The van der Waals surface area contributed by atoms with Crippen LogP contribution in [0.3, 0.4) is 0 Å². The lowest BCUT2D eigenvalue weighted by atomic mass is 10.0. The van der Waals surface area contributed by atoms with Gasteiger partial charge in [-0.15, -0.1) is 0 Å². The Hall–Kier alpha value is -0.500. The van der Waals surface area contributed by atoms with E-state index in [1.165, 1.54) is 32.1 Å². The van der Waals surface area contributed by atoms with Gasteiger partial charge in [-0.3, -0.25) is 5.84 Å². The molecular formula is C11H24N2. The van der Waals surface area contributed by atoms with Crippen molar-refractivity contribution in [3.63, 3.8) is 0 Å². The summed E-state index contributed by atoms with van der Waals surface area (Å²) in [6.07, 6.45) is 7.58. The molecule has 0 spiro atoms. The van der Waals surface area contributed by atoms with Gasteiger partial charge in [-0.05, 0) is 18.8 Å². The smallest absolute Gasteiger partial charge is 0.0187 e. The van der Waals surface area contributed by atoms with Crippen LogP contribution in [0.4, 0.5) is 0 Å². The maximum Gasteiger partial charge on any atom is 0.0187 e. The topological polar surface area (TPSA) is 38.0 Å². The molecule has 0 radical (unpaired) electrons. The summed E-state index contributed by atoms with van der Waals surface area (Å²) in [5.74, 6) is 6.05. The molecule has 3 N–H and O–H groups in total. The van der Waals surface area contributed by atoms with Crippen LogP contribution in [0.15, 0.2) is 12.3 Å². The van der Waals surface area contributed by atoms with E-state index in [1.807, 2.05) is 0 Å². The lowest BCUT2D eigenvalue weighted by Gasteiger charge is -2.05. The molecule has 0 aromatic rings. The van der Waals surface area contributed by atoms with Crippen LogP contribution in [0.2, 0.25) is 0 Å². The van der Waals surface area contributed by atoms with Gasteiger partial charge < -0.3 is 5.43 Å². The van der Waals surface area contributed by atoms with Gasteiger partial charge in [0.25, 0.3) is 0 Å². The normalized spacial score (nSPS) is 10.5. The third-order valence-electron chi connectivity index (χ3n) is 2.21. The molecule has 0 aromatic heterocycles. The van der Waals surface area contributed by atoms with Crippen LogP contribution in [-0.2, 0) is 0 Å². The van der Waals surface area contributed by atoms with E-state index in [-0.39, 0.29) is 0 Å². The first-order chi connectivity index (χ1) is 6.16. The van der Waals surface area contributed by atoms with Crippen molar-refractivity contribution in [3.05, 3.63) is 12.3 Å². The van der Waals surface area contributed by atoms with Gasteiger partial charge in [0, 0.05) is 5.70 Å². The molecule has 2 nitrogen and oxygen atoms in total. The predicted octanol–water partition coefficient (Wildman–Crippen LogP) is 2.96. The number of hydrogen-bond acceptors (Lipinski definition) is 2. The van der Waals surface area contributed by atoms with E-state index in [1.54, 1.807) is 0 Å². The Kier molecular flexibility index (Phi) is 7.80. The maximum atomic E-state index is 5.20. The Balaban J connectivity index is 3.04. The molecule has 0 atom stereocenters. The van der Waals surface area contributed by atoms with E-state index < -0.39 is 0 Å². The summed E-state index contributed by atoms with van der Waals surface area (Å²) in [7, 11) is 0. The second kappa shape index (κ2) is 8.11. The van der Waals surface area contributed by atoms with Crippen molar-refractivity contribution in [2.75, 3.05) is 0 Å². The zero-order valence-electron chi connectivity index (χ0n) is 9.10. The van der Waals surface area contributed by atoms with E-state index in [4.69, 9.17) is 5.84 Å². The number of rotatable bonds is 8. The molecule has 0 rings (SSSR count). The number of unbranched alkanes of at least 4 members (excludes halogenated alkanes) is 3. The van der Waals surface area contributed by atoms with Crippen molar-refractivity contribution in [1.82, 2.24) is 5.43 Å². The Morgan fingerprint density at radius 1 is 1.23 bits per heavy atom. The number of hydrazine groups is 1. The molecule has 0 bridgehead atoms. The van der Waals surface area contributed by atoms with Crippen molar-refractivity contribution >= 4 is 0 Å². The SMILES string of the molecule is C=C(CCCCCCC(C)C)NN. The highest BCUT2D eigenvalue weighted by atomic mass is 15.2. The van der Waals surface area contributed by atoms with Crippen LogP contribution in [0.25, 0.3) is 0 Å². The molecule has 0 aliphatic carbocycles. The fraction of sp³-hybridized carbons (Fsp3) is 0.818. The molecule has 2 heteroatoms. The molecule has 0 unspecified atom stereocenters. The van der Waals surface area contributed by atoms with Gasteiger partial charge >= 0.3 is 0 Å². The third-order valence-corrected chi connectivity index (χ3v) is 2.21. The van der Waals surface area contributed by atoms with Crippen LogP contribution in [0.5, 0.6) is 0 Å². The van der Waals surface area contributed by atoms with Gasteiger partial charge in [0.1, 0.15) is 0 Å². The maximum absolute atomic E-state index is 5.20. The first-order valence-corrected chi connectivity index (χ1v) is 5.31. The first kappa shape index (κ1) is 12.5. The van der Waals surface area contributed by atoms with Crippen molar-refractivity contribution < 1.29 is 0 Å². The van der Waals surface area contributed by atoms with Crippen LogP contribution < -0.4 is 11.3 Å². The van der Waals surface area contributed by atoms with Gasteiger partial charge in [-0.1, -0.05) is 46.1 Å². The summed E-state index contributed by atoms with van der Waals surface area (Å²) in [5, 5.41) is 0. The summed E-state index contributed by atoms with van der Waals surface area (Å²) >= 11 is 0. The highest BCUT2D eigenvalue weighted by molar-refractivity contribution is 4.87. The highest BCUT2D eigenvalue weighted by Crippen LogP contribution is 2.11. The Morgan fingerprint density at radius 2 is 1.85 bits per heavy atom. The summed E-state index contributed by atoms with van der Waals surface area (Å²) in [4.78, 5) is 0. The van der Waals surface area contributed by atoms with E-state index in [0.717, 1.165) is 18.0 Å².